The Morgan fingerprint density at radius 2 is 2.33 bits per heavy atom. The molecule has 82 valence electrons. The van der Waals surface area contributed by atoms with E-state index >= 15 is 0 Å². The number of carboxylic acids is 1. The topological polar surface area (TPSA) is 66.0 Å². The Bertz CT molecular complexity index is 382. The first kappa shape index (κ1) is 10.2. The molecule has 0 bridgehead atoms. The second kappa shape index (κ2) is 3.68. The molecular formula is C11H16N2O2. The minimum Gasteiger partial charge on any atom is -0.481 e. The molecule has 1 aliphatic carbocycles. The van der Waals surface area contributed by atoms with Crippen molar-refractivity contribution in [3.63, 3.8) is 0 Å². The predicted octanol–water partition coefficient (Wildman–Crippen LogP) is 1.72. The lowest BCUT2D eigenvalue weighted by atomic mass is 9.85. The Morgan fingerprint density at radius 3 is 2.93 bits per heavy atom. The largest absolute Gasteiger partial charge is 0.481 e. The molecule has 4 heteroatoms. The van der Waals surface area contributed by atoms with Crippen LogP contribution in [0.2, 0.25) is 0 Å². The fourth-order valence-corrected chi connectivity index (χ4v) is 2.22. The molecule has 0 amide bonds. The van der Waals surface area contributed by atoms with Crippen LogP contribution in [0.1, 0.15) is 43.1 Å². The van der Waals surface area contributed by atoms with Gasteiger partial charge in [-0.05, 0) is 24.3 Å². The second-order valence-corrected chi connectivity index (χ2v) is 4.50. The highest BCUT2D eigenvalue weighted by atomic mass is 16.4. The van der Waals surface area contributed by atoms with Gasteiger partial charge in [0.1, 0.15) is 0 Å². The maximum Gasteiger partial charge on any atom is 0.306 e. The van der Waals surface area contributed by atoms with Crippen LogP contribution in [0, 0.1) is 5.92 Å². The number of H-pyrrole nitrogens is 1. The number of nitrogens with one attached hydrogen (secondary N) is 1. The Kier molecular flexibility index (Phi) is 2.50. The zero-order valence-corrected chi connectivity index (χ0v) is 9.08. The van der Waals surface area contributed by atoms with Gasteiger partial charge in [0.25, 0.3) is 0 Å². The molecule has 0 saturated carbocycles. The first-order chi connectivity index (χ1) is 7.09. The van der Waals surface area contributed by atoms with Crippen LogP contribution in [0.25, 0.3) is 0 Å². The Balaban J connectivity index is 2.26. The van der Waals surface area contributed by atoms with Crippen LogP contribution in [0.3, 0.4) is 0 Å². The molecule has 0 spiro atoms. The molecule has 1 aliphatic rings. The number of hydrogen-bond donors (Lipinski definition) is 2. The van der Waals surface area contributed by atoms with Gasteiger partial charge in [0, 0.05) is 12.1 Å². The first-order valence-electron chi connectivity index (χ1n) is 5.38. The van der Waals surface area contributed by atoms with Crippen molar-refractivity contribution in [3.05, 3.63) is 17.0 Å². The standard InChI is InChI=1S/C11H16N2O2/c1-6(2)10-8-4-3-7(11(14)15)5-9(8)12-13-10/h6-7H,3-5H2,1-2H3,(H,12,13)(H,14,15)/t7-/m1/s1. The lowest BCUT2D eigenvalue weighted by Gasteiger charge is -2.18. The van der Waals surface area contributed by atoms with Crippen LogP contribution in [0.4, 0.5) is 0 Å². The van der Waals surface area contributed by atoms with Gasteiger partial charge >= 0.3 is 5.97 Å². The average Bonchev–Trinajstić information content (AvgIpc) is 2.59. The molecule has 1 aromatic rings. The van der Waals surface area contributed by atoms with E-state index in [1.54, 1.807) is 0 Å². The van der Waals surface area contributed by atoms with Crippen LogP contribution >= 0.6 is 0 Å². The Labute approximate surface area is 88.7 Å². The van der Waals surface area contributed by atoms with E-state index in [0.717, 1.165) is 24.2 Å². The number of nitrogens with zero attached hydrogens (tertiary/aromatic N) is 1. The van der Waals surface area contributed by atoms with Crippen molar-refractivity contribution in [2.24, 2.45) is 5.92 Å². The van der Waals surface area contributed by atoms with E-state index in [4.69, 9.17) is 5.11 Å². The van der Waals surface area contributed by atoms with Gasteiger partial charge in [0.2, 0.25) is 0 Å². The van der Waals surface area contributed by atoms with Gasteiger partial charge in [-0.1, -0.05) is 13.8 Å². The number of carboxylic acid groups (broad SMARTS) is 1. The summed E-state index contributed by atoms with van der Waals surface area (Å²) in [4.78, 5) is 10.9. The summed E-state index contributed by atoms with van der Waals surface area (Å²) in [6.07, 6.45) is 2.18. The number of aromatic amines is 1. The lowest BCUT2D eigenvalue weighted by molar-refractivity contribution is -0.142. The molecule has 0 aromatic carbocycles. The summed E-state index contributed by atoms with van der Waals surface area (Å²) in [6, 6.07) is 0. The number of aromatic nitrogens is 2. The molecule has 0 aliphatic heterocycles. The smallest absolute Gasteiger partial charge is 0.306 e. The zero-order valence-electron chi connectivity index (χ0n) is 9.08. The van der Waals surface area contributed by atoms with Gasteiger partial charge in [0.05, 0.1) is 11.6 Å². The van der Waals surface area contributed by atoms with E-state index in [-0.39, 0.29) is 5.92 Å². The van der Waals surface area contributed by atoms with Gasteiger partial charge in [-0.15, -0.1) is 0 Å². The van der Waals surface area contributed by atoms with Crippen LogP contribution < -0.4 is 0 Å². The molecule has 1 aromatic heterocycles. The van der Waals surface area contributed by atoms with E-state index in [1.807, 2.05) is 0 Å². The summed E-state index contributed by atoms with van der Waals surface area (Å²) in [7, 11) is 0. The summed E-state index contributed by atoms with van der Waals surface area (Å²) in [5.41, 5.74) is 3.38. The van der Waals surface area contributed by atoms with Crippen LogP contribution in [0.5, 0.6) is 0 Å². The molecular weight excluding hydrogens is 192 g/mol. The highest BCUT2D eigenvalue weighted by Crippen LogP contribution is 2.29. The SMILES string of the molecule is CC(C)c1n[nH]c2c1CC[C@@H](C(=O)O)C2. The first-order valence-corrected chi connectivity index (χ1v) is 5.38. The zero-order chi connectivity index (χ0) is 11.0. The summed E-state index contributed by atoms with van der Waals surface area (Å²) >= 11 is 0. The third-order valence-corrected chi connectivity index (χ3v) is 3.07. The summed E-state index contributed by atoms with van der Waals surface area (Å²) in [5.74, 6) is -0.523. The number of hydrogen-bond acceptors (Lipinski definition) is 2. The number of fused-ring (bicyclic) bond motifs is 1. The maximum atomic E-state index is 10.9. The highest BCUT2D eigenvalue weighted by molar-refractivity contribution is 5.70. The van der Waals surface area contributed by atoms with Crippen molar-refractivity contribution in [2.45, 2.75) is 39.0 Å². The van der Waals surface area contributed by atoms with E-state index in [2.05, 4.69) is 24.0 Å². The Hall–Kier alpha value is -1.32. The molecule has 1 heterocycles. The summed E-state index contributed by atoms with van der Waals surface area (Å²) < 4.78 is 0. The third-order valence-electron chi connectivity index (χ3n) is 3.07. The fourth-order valence-electron chi connectivity index (χ4n) is 2.22. The summed E-state index contributed by atoms with van der Waals surface area (Å²) in [5, 5.41) is 16.2. The average molecular weight is 208 g/mol. The molecule has 0 unspecified atom stereocenters. The number of carbonyl (C=O) groups is 1. The van der Waals surface area contributed by atoms with Crippen molar-refractivity contribution >= 4 is 5.97 Å². The molecule has 1 atom stereocenters. The van der Waals surface area contributed by atoms with Crippen molar-refractivity contribution in [1.29, 1.82) is 0 Å². The molecule has 2 N–H and O–H groups in total. The molecule has 0 saturated heterocycles. The van der Waals surface area contributed by atoms with Crippen molar-refractivity contribution < 1.29 is 9.90 Å². The van der Waals surface area contributed by atoms with Gasteiger partial charge < -0.3 is 5.11 Å². The van der Waals surface area contributed by atoms with Crippen molar-refractivity contribution in [2.75, 3.05) is 0 Å². The minimum absolute atomic E-state index is 0.238. The maximum absolute atomic E-state index is 10.9. The summed E-state index contributed by atoms with van der Waals surface area (Å²) in [6.45, 7) is 4.22. The second-order valence-electron chi connectivity index (χ2n) is 4.50. The fraction of sp³-hybridized carbons (Fsp3) is 0.636. The van der Waals surface area contributed by atoms with Crippen LogP contribution in [-0.2, 0) is 17.6 Å². The number of rotatable bonds is 2. The van der Waals surface area contributed by atoms with Crippen LogP contribution in [-0.4, -0.2) is 21.3 Å². The van der Waals surface area contributed by atoms with Crippen LogP contribution in [0.15, 0.2) is 0 Å². The molecule has 15 heavy (non-hydrogen) atoms. The van der Waals surface area contributed by atoms with E-state index < -0.39 is 5.97 Å². The molecule has 0 radical (unpaired) electrons. The number of aliphatic carboxylic acids is 1. The van der Waals surface area contributed by atoms with Gasteiger partial charge in [-0.25, -0.2) is 0 Å². The quantitative estimate of drug-likeness (QED) is 0.777. The normalized spacial score (nSPS) is 20.3. The third kappa shape index (κ3) is 1.76. The minimum atomic E-state index is -0.693. The lowest BCUT2D eigenvalue weighted by Crippen LogP contribution is -2.22. The van der Waals surface area contributed by atoms with Gasteiger partial charge in [0.15, 0.2) is 0 Å². The van der Waals surface area contributed by atoms with Crippen molar-refractivity contribution in [1.82, 2.24) is 10.2 Å². The predicted molar refractivity (Wildman–Crippen MR) is 55.8 cm³/mol. The monoisotopic (exact) mass is 208 g/mol. The van der Waals surface area contributed by atoms with Gasteiger partial charge in [-0.3, -0.25) is 9.89 Å². The highest BCUT2D eigenvalue weighted by Gasteiger charge is 2.28. The van der Waals surface area contributed by atoms with E-state index in [0.29, 0.717) is 12.3 Å². The molecule has 4 nitrogen and oxygen atoms in total. The van der Waals surface area contributed by atoms with E-state index in [9.17, 15) is 4.79 Å². The molecule has 2 rings (SSSR count). The van der Waals surface area contributed by atoms with E-state index in [1.165, 1.54) is 5.56 Å². The van der Waals surface area contributed by atoms with Crippen molar-refractivity contribution in [3.8, 4) is 0 Å². The van der Waals surface area contributed by atoms with Gasteiger partial charge in [-0.2, -0.15) is 5.10 Å². The Morgan fingerprint density at radius 1 is 1.60 bits per heavy atom. The molecule has 0 fully saturated rings.